The van der Waals surface area contributed by atoms with E-state index >= 15 is 0 Å². The van der Waals surface area contributed by atoms with Crippen LogP contribution in [0.25, 0.3) is 0 Å². The van der Waals surface area contributed by atoms with Gasteiger partial charge in [0.2, 0.25) is 0 Å². The lowest BCUT2D eigenvalue weighted by molar-refractivity contribution is 0.0300. The van der Waals surface area contributed by atoms with Crippen LogP contribution in [-0.4, -0.2) is 41.5 Å². The molecule has 1 heterocycles. The Morgan fingerprint density at radius 2 is 2.07 bits per heavy atom. The second-order valence-electron chi connectivity index (χ2n) is 5.51. The smallest absolute Gasteiger partial charge is 0.0670 e. The maximum absolute atomic E-state index is 9.66. The second-order valence-corrected chi connectivity index (χ2v) is 5.83. The summed E-state index contributed by atoms with van der Waals surface area (Å²) in [5.74, 6) is 1.52. The molecule has 0 bridgehead atoms. The Morgan fingerprint density at radius 1 is 1.43 bits per heavy atom. The number of aliphatic hydroxyl groups is 1. The summed E-state index contributed by atoms with van der Waals surface area (Å²) in [5.41, 5.74) is 0.250. The highest BCUT2D eigenvalue weighted by atomic mass is 32.1. The lowest BCUT2D eigenvalue weighted by Gasteiger charge is -2.38. The first-order valence-electron chi connectivity index (χ1n) is 5.44. The Hall–Kier alpha value is 0.270. The van der Waals surface area contributed by atoms with E-state index in [1.807, 2.05) is 0 Å². The molecule has 1 aliphatic rings. The third-order valence-corrected chi connectivity index (χ3v) is 3.65. The molecule has 1 fully saturated rings. The van der Waals surface area contributed by atoms with Gasteiger partial charge in [0.05, 0.1) is 6.10 Å². The van der Waals surface area contributed by atoms with Gasteiger partial charge in [-0.25, -0.2) is 0 Å². The summed E-state index contributed by atoms with van der Waals surface area (Å²) in [5, 5.41) is 9.66. The van der Waals surface area contributed by atoms with Gasteiger partial charge in [0.1, 0.15) is 0 Å². The van der Waals surface area contributed by atoms with Crippen LogP contribution in [0.5, 0.6) is 0 Å². The number of β-amino-alcohol motifs (C(OH)–C–C–N with tert-alkyl or cyclic N) is 1. The molecule has 0 amide bonds. The van der Waals surface area contributed by atoms with Gasteiger partial charge in [-0.15, -0.1) is 0 Å². The maximum atomic E-state index is 9.66. The van der Waals surface area contributed by atoms with Crippen LogP contribution in [0.1, 0.15) is 27.2 Å². The summed E-state index contributed by atoms with van der Waals surface area (Å²) in [7, 11) is 0. The Morgan fingerprint density at radius 3 is 2.57 bits per heavy atom. The average Bonchev–Trinajstić information content (AvgIpc) is 2.01. The number of thiol groups is 1. The van der Waals surface area contributed by atoms with E-state index in [4.69, 9.17) is 0 Å². The SMILES string of the molecule is C[C@@H]1C[C@H](O)CN(CC(C)(C)CS)C1. The Labute approximate surface area is 93.1 Å². The summed E-state index contributed by atoms with van der Waals surface area (Å²) in [6.07, 6.45) is 0.826. The summed E-state index contributed by atoms with van der Waals surface area (Å²) >= 11 is 4.36. The largest absolute Gasteiger partial charge is 0.392 e. The van der Waals surface area contributed by atoms with E-state index in [0.29, 0.717) is 5.92 Å². The van der Waals surface area contributed by atoms with Gasteiger partial charge in [0.15, 0.2) is 0 Å². The van der Waals surface area contributed by atoms with Crippen LogP contribution in [0.3, 0.4) is 0 Å². The first-order chi connectivity index (χ1) is 6.43. The first kappa shape index (κ1) is 12.3. The molecule has 0 aromatic heterocycles. The van der Waals surface area contributed by atoms with Crippen molar-refractivity contribution >= 4 is 12.6 Å². The second kappa shape index (κ2) is 4.86. The molecule has 0 radical (unpaired) electrons. The zero-order valence-corrected chi connectivity index (χ0v) is 10.4. The van der Waals surface area contributed by atoms with Crippen molar-refractivity contribution in [1.29, 1.82) is 0 Å². The Balaban J connectivity index is 2.44. The Bertz CT molecular complexity index is 174. The highest BCUT2D eigenvalue weighted by Gasteiger charge is 2.27. The van der Waals surface area contributed by atoms with Gasteiger partial charge in [0.25, 0.3) is 0 Å². The number of hydrogen-bond acceptors (Lipinski definition) is 3. The minimum Gasteiger partial charge on any atom is -0.392 e. The van der Waals surface area contributed by atoms with Crippen molar-refractivity contribution in [3.8, 4) is 0 Å². The van der Waals surface area contributed by atoms with E-state index in [1.54, 1.807) is 0 Å². The predicted molar refractivity (Wildman–Crippen MR) is 63.9 cm³/mol. The van der Waals surface area contributed by atoms with Crippen LogP contribution >= 0.6 is 12.6 Å². The van der Waals surface area contributed by atoms with Crippen molar-refractivity contribution in [1.82, 2.24) is 4.90 Å². The monoisotopic (exact) mass is 217 g/mol. The van der Waals surface area contributed by atoms with Crippen molar-refractivity contribution in [2.75, 3.05) is 25.4 Å². The molecule has 0 aliphatic carbocycles. The third-order valence-electron chi connectivity index (χ3n) is 2.79. The third kappa shape index (κ3) is 3.79. The van der Waals surface area contributed by atoms with Crippen molar-refractivity contribution in [3.05, 3.63) is 0 Å². The summed E-state index contributed by atoms with van der Waals surface area (Å²) in [6.45, 7) is 9.66. The molecule has 0 unspecified atom stereocenters. The predicted octanol–water partition coefficient (Wildman–Crippen LogP) is 1.65. The number of hydrogen-bond donors (Lipinski definition) is 2. The van der Waals surface area contributed by atoms with E-state index in [9.17, 15) is 5.11 Å². The number of piperidine rings is 1. The molecule has 14 heavy (non-hydrogen) atoms. The molecule has 2 atom stereocenters. The molecule has 2 nitrogen and oxygen atoms in total. The quantitative estimate of drug-likeness (QED) is 0.702. The van der Waals surface area contributed by atoms with Crippen LogP contribution in [0.4, 0.5) is 0 Å². The van der Waals surface area contributed by atoms with Gasteiger partial charge in [0, 0.05) is 19.6 Å². The van der Waals surface area contributed by atoms with Crippen LogP contribution in [0, 0.1) is 11.3 Å². The fourth-order valence-electron chi connectivity index (χ4n) is 2.21. The van der Waals surface area contributed by atoms with Gasteiger partial charge in [-0.2, -0.15) is 12.6 Å². The zero-order valence-electron chi connectivity index (χ0n) is 9.53. The molecule has 1 aliphatic heterocycles. The van der Waals surface area contributed by atoms with Crippen molar-refractivity contribution in [2.45, 2.75) is 33.3 Å². The van der Waals surface area contributed by atoms with E-state index in [1.165, 1.54) is 0 Å². The first-order valence-corrected chi connectivity index (χ1v) is 6.07. The topological polar surface area (TPSA) is 23.5 Å². The fraction of sp³-hybridized carbons (Fsp3) is 1.00. The van der Waals surface area contributed by atoms with Crippen LogP contribution in [0.2, 0.25) is 0 Å². The lowest BCUT2D eigenvalue weighted by atomic mass is 9.92. The van der Waals surface area contributed by atoms with E-state index < -0.39 is 0 Å². The van der Waals surface area contributed by atoms with Crippen molar-refractivity contribution < 1.29 is 5.11 Å². The van der Waals surface area contributed by atoms with Crippen LogP contribution in [-0.2, 0) is 0 Å². The normalized spacial score (nSPS) is 30.6. The molecule has 84 valence electrons. The average molecular weight is 217 g/mol. The van der Waals surface area contributed by atoms with Crippen LogP contribution < -0.4 is 0 Å². The van der Waals surface area contributed by atoms with Gasteiger partial charge >= 0.3 is 0 Å². The zero-order chi connectivity index (χ0) is 10.8. The molecule has 0 saturated carbocycles. The molecular weight excluding hydrogens is 194 g/mol. The minimum atomic E-state index is -0.130. The fourth-order valence-corrected chi connectivity index (χ4v) is 2.31. The lowest BCUT2D eigenvalue weighted by Crippen LogP contribution is -2.46. The maximum Gasteiger partial charge on any atom is 0.0670 e. The summed E-state index contributed by atoms with van der Waals surface area (Å²) in [6, 6.07) is 0. The van der Waals surface area contributed by atoms with E-state index in [-0.39, 0.29) is 11.5 Å². The van der Waals surface area contributed by atoms with E-state index in [2.05, 4.69) is 38.3 Å². The molecule has 0 aromatic carbocycles. The Kier molecular flexibility index (Phi) is 4.29. The number of likely N-dealkylation sites (tertiary alicyclic amines) is 1. The molecule has 1 saturated heterocycles. The number of nitrogens with zero attached hydrogens (tertiary/aromatic N) is 1. The van der Waals surface area contributed by atoms with E-state index in [0.717, 1.165) is 31.8 Å². The molecule has 1 N–H and O–H groups in total. The van der Waals surface area contributed by atoms with Gasteiger partial charge in [-0.3, -0.25) is 4.90 Å². The minimum absolute atomic E-state index is 0.130. The number of aliphatic hydroxyl groups excluding tert-OH is 1. The standard InChI is InChI=1S/C11H23NOS/c1-9-4-10(13)6-12(5-9)7-11(2,3)8-14/h9-10,13-14H,4-8H2,1-3H3/t9-,10+/m1/s1. The van der Waals surface area contributed by atoms with Gasteiger partial charge in [-0.1, -0.05) is 20.8 Å². The van der Waals surface area contributed by atoms with Crippen molar-refractivity contribution in [3.63, 3.8) is 0 Å². The van der Waals surface area contributed by atoms with Crippen molar-refractivity contribution in [2.24, 2.45) is 11.3 Å². The van der Waals surface area contributed by atoms with Crippen LogP contribution in [0.15, 0.2) is 0 Å². The highest BCUT2D eigenvalue weighted by Crippen LogP contribution is 2.23. The molecule has 0 aromatic rings. The summed E-state index contributed by atoms with van der Waals surface area (Å²) in [4.78, 5) is 2.37. The number of rotatable bonds is 3. The molecule has 0 spiro atoms. The molecular formula is C11H23NOS. The molecule has 3 heteroatoms. The summed E-state index contributed by atoms with van der Waals surface area (Å²) < 4.78 is 0. The highest BCUT2D eigenvalue weighted by molar-refractivity contribution is 7.80. The van der Waals surface area contributed by atoms with Gasteiger partial charge < -0.3 is 5.11 Å². The molecule has 1 rings (SSSR count). The van der Waals surface area contributed by atoms with Gasteiger partial charge in [-0.05, 0) is 23.5 Å².